The average molecular weight is 286 g/mol. The lowest BCUT2D eigenvalue weighted by Crippen LogP contribution is -2.46. The Bertz CT molecular complexity index is 548. The fourth-order valence-electron chi connectivity index (χ4n) is 3.07. The molecule has 2 fully saturated rings. The Labute approximate surface area is 125 Å². The SMILES string of the molecule is Cc1ccc(C2C(C(=O)NC3CC3)CCC(=O)N2C)cc1. The van der Waals surface area contributed by atoms with Crippen LogP contribution in [0, 0.1) is 12.8 Å². The third kappa shape index (κ3) is 2.94. The predicted molar refractivity (Wildman–Crippen MR) is 80.6 cm³/mol. The molecule has 2 atom stereocenters. The van der Waals surface area contributed by atoms with E-state index in [9.17, 15) is 9.59 Å². The Kier molecular flexibility index (Phi) is 3.70. The maximum atomic E-state index is 12.5. The van der Waals surface area contributed by atoms with E-state index in [-0.39, 0.29) is 23.8 Å². The van der Waals surface area contributed by atoms with Gasteiger partial charge in [0.1, 0.15) is 0 Å². The summed E-state index contributed by atoms with van der Waals surface area (Å²) in [6, 6.07) is 8.36. The van der Waals surface area contributed by atoms with Crippen LogP contribution in [0.2, 0.25) is 0 Å². The molecule has 1 N–H and O–H groups in total. The number of piperidine rings is 1. The number of aryl methyl sites for hydroxylation is 1. The van der Waals surface area contributed by atoms with Gasteiger partial charge in [-0.2, -0.15) is 0 Å². The van der Waals surface area contributed by atoms with E-state index < -0.39 is 0 Å². The van der Waals surface area contributed by atoms with Gasteiger partial charge in [-0.1, -0.05) is 29.8 Å². The second-order valence-electron chi connectivity index (χ2n) is 6.29. The van der Waals surface area contributed by atoms with E-state index in [1.807, 2.05) is 38.2 Å². The Hall–Kier alpha value is -1.84. The molecule has 1 aliphatic heterocycles. The van der Waals surface area contributed by atoms with Crippen molar-refractivity contribution in [2.45, 2.75) is 44.7 Å². The predicted octanol–water partition coefficient (Wildman–Crippen LogP) is 2.18. The van der Waals surface area contributed by atoms with Crippen LogP contribution in [0.1, 0.15) is 42.9 Å². The zero-order chi connectivity index (χ0) is 15.0. The number of carbonyl (C=O) groups is 2. The van der Waals surface area contributed by atoms with Crippen molar-refractivity contribution in [1.29, 1.82) is 0 Å². The number of hydrogen-bond donors (Lipinski definition) is 1. The van der Waals surface area contributed by atoms with Crippen molar-refractivity contribution in [3.8, 4) is 0 Å². The number of amides is 2. The summed E-state index contributed by atoms with van der Waals surface area (Å²) < 4.78 is 0. The Morgan fingerprint density at radius 2 is 1.86 bits per heavy atom. The molecule has 0 aromatic heterocycles. The molecular weight excluding hydrogens is 264 g/mol. The van der Waals surface area contributed by atoms with Crippen molar-refractivity contribution in [2.24, 2.45) is 5.92 Å². The molecule has 4 nitrogen and oxygen atoms in total. The molecule has 112 valence electrons. The van der Waals surface area contributed by atoms with Crippen LogP contribution in [0.5, 0.6) is 0 Å². The van der Waals surface area contributed by atoms with Crippen LogP contribution in [0.4, 0.5) is 0 Å². The second kappa shape index (κ2) is 5.51. The zero-order valence-electron chi connectivity index (χ0n) is 12.6. The molecule has 2 amide bonds. The molecule has 2 aliphatic rings. The maximum absolute atomic E-state index is 12.5. The number of rotatable bonds is 3. The van der Waals surface area contributed by atoms with Gasteiger partial charge in [0.25, 0.3) is 0 Å². The highest BCUT2D eigenvalue weighted by Crippen LogP contribution is 2.36. The minimum Gasteiger partial charge on any atom is -0.353 e. The van der Waals surface area contributed by atoms with Crippen molar-refractivity contribution in [1.82, 2.24) is 10.2 Å². The minimum atomic E-state index is -0.148. The number of likely N-dealkylation sites (tertiary alicyclic amines) is 1. The molecule has 21 heavy (non-hydrogen) atoms. The van der Waals surface area contributed by atoms with Gasteiger partial charge < -0.3 is 10.2 Å². The molecule has 2 unspecified atom stereocenters. The Balaban J connectivity index is 1.86. The first kappa shape index (κ1) is 14.1. The van der Waals surface area contributed by atoms with Gasteiger partial charge in [-0.15, -0.1) is 0 Å². The Morgan fingerprint density at radius 1 is 1.19 bits per heavy atom. The first-order chi connectivity index (χ1) is 10.1. The highest BCUT2D eigenvalue weighted by Gasteiger charge is 2.40. The zero-order valence-corrected chi connectivity index (χ0v) is 12.6. The molecule has 1 aromatic carbocycles. The van der Waals surface area contributed by atoms with Crippen LogP contribution in [0.3, 0.4) is 0 Å². The summed E-state index contributed by atoms with van der Waals surface area (Å²) in [7, 11) is 1.81. The summed E-state index contributed by atoms with van der Waals surface area (Å²) in [5.74, 6) is 0.0782. The fraction of sp³-hybridized carbons (Fsp3) is 0.529. The molecule has 1 saturated carbocycles. The maximum Gasteiger partial charge on any atom is 0.225 e. The lowest BCUT2D eigenvalue weighted by molar-refractivity contribution is -0.141. The first-order valence-corrected chi connectivity index (χ1v) is 7.69. The van der Waals surface area contributed by atoms with Gasteiger partial charge in [-0.3, -0.25) is 9.59 Å². The topological polar surface area (TPSA) is 49.4 Å². The molecule has 1 heterocycles. The van der Waals surface area contributed by atoms with Crippen molar-refractivity contribution in [2.75, 3.05) is 7.05 Å². The lowest BCUT2D eigenvalue weighted by atomic mass is 9.83. The van der Waals surface area contributed by atoms with Gasteiger partial charge in [0.05, 0.1) is 12.0 Å². The van der Waals surface area contributed by atoms with Gasteiger partial charge in [0.15, 0.2) is 0 Å². The smallest absolute Gasteiger partial charge is 0.225 e. The molecule has 1 saturated heterocycles. The van der Waals surface area contributed by atoms with E-state index >= 15 is 0 Å². The average Bonchev–Trinajstić information content (AvgIpc) is 3.27. The van der Waals surface area contributed by atoms with Gasteiger partial charge in [-0.25, -0.2) is 0 Å². The molecule has 3 rings (SSSR count). The third-order valence-corrected chi connectivity index (χ3v) is 4.54. The summed E-state index contributed by atoms with van der Waals surface area (Å²) in [6.07, 6.45) is 3.27. The summed E-state index contributed by atoms with van der Waals surface area (Å²) in [4.78, 5) is 26.3. The van der Waals surface area contributed by atoms with Crippen LogP contribution >= 0.6 is 0 Å². The number of hydrogen-bond acceptors (Lipinski definition) is 2. The number of benzene rings is 1. The molecule has 0 bridgehead atoms. The third-order valence-electron chi connectivity index (χ3n) is 4.54. The largest absolute Gasteiger partial charge is 0.353 e. The molecule has 0 radical (unpaired) electrons. The van der Waals surface area contributed by atoms with Crippen LogP contribution in [-0.2, 0) is 9.59 Å². The van der Waals surface area contributed by atoms with Gasteiger partial charge in [0, 0.05) is 19.5 Å². The fourth-order valence-corrected chi connectivity index (χ4v) is 3.07. The first-order valence-electron chi connectivity index (χ1n) is 7.69. The van der Waals surface area contributed by atoms with E-state index in [1.54, 1.807) is 4.90 Å². The molecule has 1 aromatic rings. The summed E-state index contributed by atoms with van der Waals surface area (Å²) in [6.45, 7) is 2.04. The van der Waals surface area contributed by atoms with Crippen molar-refractivity contribution >= 4 is 11.8 Å². The molecule has 4 heteroatoms. The van der Waals surface area contributed by atoms with Crippen LogP contribution in [0.25, 0.3) is 0 Å². The van der Waals surface area contributed by atoms with Crippen molar-refractivity contribution in [3.05, 3.63) is 35.4 Å². The second-order valence-corrected chi connectivity index (χ2v) is 6.29. The van der Waals surface area contributed by atoms with E-state index in [0.717, 1.165) is 18.4 Å². The van der Waals surface area contributed by atoms with Gasteiger partial charge in [0.2, 0.25) is 11.8 Å². The molecule has 1 aliphatic carbocycles. The summed E-state index contributed by atoms with van der Waals surface area (Å²) >= 11 is 0. The van der Waals surface area contributed by atoms with E-state index in [0.29, 0.717) is 18.9 Å². The van der Waals surface area contributed by atoms with Crippen LogP contribution in [0.15, 0.2) is 24.3 Å². The highest BCUT2D eigenvalue weighted by atomic mass is 16.2. The summed E-state index contributed by atoms with van der Waals surface area (Å²) in [5.41, 5.74) is 2.23. The van der Waals surface area contributed by atoms with Crippen molar-refractivity contribution in [3.63, 3.8) is 0 Å². The summed E-state index contributed by atoms with van der Waals surface area (Å²) in [5, 5.41) is 3.09. The van der Waals surface area contributed by atoms with E-state index in [4.69, 9.17) is 0 Å². The molecule has 0 spiro atoms. The van der Waals surface area contributed by atoms with Crippen LogP contribution < -0.4 is 5.32 Å². The van der Waals surface area contributed by atoms with E-state index in [1.165, 1.54) is 5.56 Å². The normalized spacial score (nSPS) is 25.8. The number of nitrogens with zero attached hydrogens (tertiary/aromatic N) is 1. The number of nitrogens with one attached hydrogen (secondary N) is 1. The van der Waals surface area contributed by atoms with Gasteiger partial charge >= 0.3 is 0 Å². The quantitative estimate of drug-likeness (QED) is 0.926. The lowest BCUT2D eigenvalue weighted by Gasteiger charge is -2.38. The number of carbonyl (C=O) groups excluding carboxylic acids is 2. The van der Waals surface area contributed by atoms with Crippen LogP contribution in [-0.4, -0.2) is 29.8 Å². The van der Waals surface area contributed by atoms with Crippen molar-refractivity contribution < 1.29 is 9.59 Å². The highest BCUT2D eigenvalue weighted by molar-refractivity contribution is 5.85. The standard InChI is InChI=1S/C17H22N2O2/c1-11-3-5-12(6-4-11)16-14(9-10-15(20)19(16)2)17(21)18-13-7-8-13/h3-6,13-14,16H,7-10H2,1-2H3,(H,18,21). The Morgan fingerprint density at radius 3 is 2.48 bits per heavy atom. The minimum absolute atomic E-state index is 0.0995. The monoisotopic (exact) mass is 286 g/mol. The molecular formula is C17H22N2O2. The van der Waals surface area contributed by atoms with Gasteiger partial charge in [-0.05, 0) is 31.7 Å². The van der Waals surface area contributed by atoms with E-state index in [2.05, 4.69) is 5.32 Å².